The van der Waals surface area contributed by atoms with E-state index < -0.39 is 0 Å². The van der Waals surface area contributed by atoms with Crippen LogP contribution in [0.15, 0.2) is 59.1 Å². The molecule has 0 aliphatic carbocycles. The summed E-state index contributed by atoms with van der Waals surface area (Å²) in [5.74, 6) is -0.638. The highest BCUT2D eigenvalue weighted by Crippen LogP contribution is 2.43. The number of aryl methyl sites for hydroxylation is 1. The normalized spacial score (nSPS) is 11.3. The van der Waals surface area contributed by atoms with Gasteiger partial charge < -0.3 is 14.9 Å². The molecule has 2 N–H and O–H groups in total. The largest absolute Gasteiger partial charge is 0.507 e. The van der Waals surface area contributed by atoms with Crippen molar-refractivity contribution in [1.29, 1.82) is 0 Å². The fraction of sp³-hybridized carbons (Fsp3) is 0.115. The van der Waals surface area contributed by atoms with Crippen molar-refractivity contribution in [3.63, 3.8) is 0 Å². The van der Waals surface area contributed by atoms with Gasteiger partial charge in [0, 0.05) is 21.7 Å². The Balaban J connectivity index is 1.99. The van der Waals surface area contributed by atoms with Crippen molar-refractivity contribution in [3.8, 4) is 5.75 Å². The number of fused-ring (bicyclic) bond motifs is 2. The SMILES string of the molecule is CC(=O)C(C(C)=O)=c1cc(Nc2ccc(C)cc2)c2c(O)c3ccccc3c3onc1c23. The summed E-state index contributed by atoms with van der Waals surface area (Å²) in [5, 5.41) is 21.6. The van der Waals surface area contributed by atoms with Crippen molar-refractivity contribution in [1.82, 2.24) is 5.16 Å². The molecule has 0 atom stereocenters. The second-order valence-electron chi connectivity index (χ2n) is 7.95. The molecule has 0 aliphatic heterocycles. The molecular weight excluding hydrogens is 404 g/mol. The summed E-state index contributed by atoms with van der Waals surface area (Å²) >= 11 is 0. The summed E-state index contributed by atoms with van der Waals surface area (Å²) in [7, 11) is 0. The second-order valence-corrected chi connectivity index (χ2v) is 7.95. The Bertz CT molecular complexity index is 1600. The third kappa shape index (κ3) is 2.92. The number of hydrogen-bond acceptors (Lipinski definition) is 6. The number of anilines is 2. The lowest BCUT2D eigenvalue weighted by Crippen LogP contribution is -2.19. The van der Waals surface area contributed by atoms with Gasteiger partial charge in [-0.3, -0.25) is 9.59 Å². The van der Waals surface area contributed by atoms with E-state index in [4.69, 9.17) is 4.52 Å². The van der Waals surface area contributed by atoms with E-state index >= 15 is 0 Å². The number of nitrogens with one attached hydrogen (secondary N) is 1. The Hall–Kier alpha value is -4.19. The van der Waals surface area contributed by atoms with Crippen LogP contribution in [0.3, 0.4) is 0 Å². The Morgan fingerprint density at radius 3 is 2.25 bits per heavy atom. The maximum atomic E-state index is 12.4. The third-order valence-corrected chi connectivity index (χ3v) is 5.72. The van der Waals surface area contributed by atoms with E-state index in [2.05, 4.69) is 10.5 Å². The summed E-state index contributed by atoms with van der Waals surface area (Å²) in [5.41, 5.74) is 3.36. The zero-order valence-corrected chi connectivity index (χ0v) is 17.8. The molecule has 5 aromatic rings. The van der Waals surface area contributed by atoms with Crippen molar-refractivity contribution >= 4 is 61.2 Å². The van der Waals surface area contributed by atoms with Crippen LogP contribution in [0.5, 0.6) is 5.75 Å². The lowest BCUT2D eigenvalue weighted by atomic mass is 9.95. The van der Waals surface area contributed by atoms with E-state index in [0.29, 0.717) is 43.6 Å². The molecule has 32 heavy (non-hydrogen) atoms. The van der Waals surface area contributed by atoms with E-state index in [1.54, 1.807) is 6.07 Å². The predicted molar refractivity (Wildman–Crippen MR) is 125 cm³/mol. The number of aromatic hydroxyl groups is 1. The molecule has 0 aliphatic rings. The average Bonchev–Trinajstić information content (AvgIpc) is 3.20. The second kappa shape index (κ2) is 7.20. The molecule has 0 saturated heterocycles. The molecule has 6 heteroatoms. The van der Waals surface area contributed by atoms with Crippen molar-refractivity contribution < 1.29 is 19.2 Å². The summed E-state index contributed by atoms with van der Waals surface area (Å²) in [6.07, 6.45) is 0. The molecular formula is C26H20N2O4. The van der Waals surface area contributed by atoms with E-state index in [9.17, 15) is 14.7 Å². The van der Waals surface area contributed by atoms with Crippen molar-refractivity contribution in [2.24, 2.45) is 0 Å². The molecule has 1 heterocycles. The van der Waals surface area contributed by atoms with Gasteiger partial charge >= 0.3 is 0 Å². The van der Waals surface area contributed by atoms with Crippen LogP contribution in [0, 0.1) is 6.92 Å². The number of nitrogens with zero attached hydrogens (tertiary/aromatic N) is 1. The molecule has 0 unspecified atom stereocenters. The number of carbonyl (C=O) groups excluding carboxylic acids is 2. The molecule has 0 fully saturated rings. The first kappa shape index (κ1) is 19.8. The van der Waals surface area contributed by atoms with Crippen LogP contribution in [-0.4, -0.2) is 21.8 Å². The van der Waals surface area contributed by atoms with Crippen molar-refractivity contribution in [2.75, 3.05) is 5.32 Å². The number of aromatic nitrogens is 1. The fourth-order valence-corrected chi connectivity index (χ4v) is 4.29. The van der Waals surface area contributed by atoms with Gasteiger partial charge in [0.15, 0.2) is 17.1 Å². The summed E-state index contributed by atoms with van der Waals surface area (Å²) in [4.78, 5) is 24.8. The van der Waals surface area contributed by atoms with Gasteiger partial charge in [0.1, 0.15) is 11.3 Å². The van der Waals surface area contributed by atoms with Crippen LogP contribution in [0.4, 0.5) is 11.4 Å². The van der Waals surface area contributed by atoms with Gasteiger partial charge in [-0.15, -0.1) is 0 Å². The minimum absolute atomic E-state index is 0.0432. The van der Waals surface area contributed by atoms with Crippen LogP contribution >= 0.6 is 0 Å². The van der Waals surface area contributed by atoms with Crippen LogP contribution in [-0.2, 0) is 9.59 Å². The first-order valence-corrected chi connectivity index (χ1v) is 10.2. The predicted octanol–water partition coefficient (Wildman–Crippen LogP) is 4.94. The van der Waals surface area contributed by atoms with Crippen LogP contribution in [0.1, 0.15) is 19.4 Å². The topological polar surface area (TPSA) is 92.4 Å². The van der Waals surface area contributed by atoms with Gasteiger partial charge in [0.2, 0.25) is 0 Å². The van der Waals surface area contributed by atoms with Crippen molar-refractivity contribution in [2.45, 2.75) is 20.8 Å². The highest BCUT2D eigenvalue weighted by molar-refractivity contribution is 6.41. The molecule has 0 amide bonds. The van der Waals surface area contributed by atoms with E-state index in [1.807, 2.05) is 55.5 Å². The van der Waals surface area contributed by atoms with Gasteiger partial charge in [-0.2, -0.15) is 0 Å². The number of benzene rings is 4. The minimum Gasteiger partial charge on any atom is -0.507 e. The molecule has 0 radical (unpaired) electrons. The van der Waals surface area contributed by atoms with Crippen LogP contribution < -0.4 is 10.5 Å². The molecule has 1 aromatic heterocycles. The van der Waals surface area contributed by atoms with Gasteiger partial charge in [-0.05, 0) is 39.0 Å². The lowest BCUT2D eigenvalue weighted by Gasteiger charge is -2.14. The number of phenolic OH excluding ortho intramolecular Hbond substituents is 1. The minimum atomic E-state index is -0.358. The van der Waals surface area contributed by atoms with E-state index in [1.165, 1.54) is 13.8 Å². The fourth-order valence-electron chi connectivity index (χ4n) is 4.29. The maximum absolute atomic E-state index is 12.4. The zero-order valence-electron chi connectivity index (χ0n) is 17.8. The summed E-state index contributed by atoms with van der Waals surface area (Å²) < 4.78 is 5.70. The van der Waals surface area contributed by atoms with Crippen molar-refractivity contribution in [3.05, 3.63) is 65.4 Å². The van der Waals surface area contributed by atoms with Gasteiger partial charge in [-0.1, -0.05) is 47.1 Å². The Morgan fingerprint density at radius 2 is 1.59 bits per heavy atom. The quantitative estimate of drug-likeness (QED) is 0.314. The molecule has 5 rings (SSSR count). The smallest absolute Gasteiger partial charge is 0.176 e. The number of rotatable bonds is 4. The van der Waals surface area contributed by atoms with Gasteiger partial charge in [0.25, 0.3) is 0 Å². The third-order valence-electron chi connectivity index (χ3n) is 5.72. The molecule has 6 nitrogen and oxygen atoms in total. The first-order valence-electron chi connectivity index (χ1n) is 10.2. The number of hydrogen-bond donors (Lipinski definition) is 2. The Kier molecular flexibility index (Phi) is 4.44. The molecule has 4 aromatic carbocycles. The highest BCUT2D eigenvalue weighted by atomic mass is 16.5. The van der Waals surface area contributed by atoms with E-state index in [0.717, 1.165) is 11.3 Å². The summed E-state index contributed by atoms with van der Waals surface area (Å²) in [6, 6.07) is 16.8. The average molecular weight is 424 g/mol. The van der Waals surface area contributed by atoms with Gasteiger partial charge in [0.05, 0.1) is 22.0 Å². The number of carbonyl (C=O) groups is 2. The molecule has 0 saturated carbocycles. The Morgan fingerprint density at radius 1 is 0.938 bits per heavy atom. The molecule has 0 spiro atoms. The van der Waals surface area contributed by atoms with Crippen LogP contribution in [0.2, 0.25) is 0 Å². The molecule has 0 bridgehead atoms. The Labute approximate surface area is 183 Å². The lowest BCUT2D eigenvalue weighted by molar-refractivity contribution is -0.116. The number of phenols is 1. The molecule has 158 valence electrons. The highest BCUT2D eigenvalue weighted by Gasteiger charge is 2.23. The zero-order chi connectivity index (χ0) is 22.6. The first-order chi connectivity index (χ1) is 15.4. The van der Waals surface area contributed by atoms with Crippen LogP contribution in [0.25, 0.3) is 38.2 Å². The summed E-state index contributed by atoms with van der Waals surface area (Å²) in [6.45, 7) is 4.71. The monoisotopic (exact) mass is 424 g/mol. The van der Waals surface area contributed by atoms with Gasteiger partial charge in [-0.25, -0.2) is 0 Å². The number of ketones is 2. The number of Topliss-reactive ketones (excluding diaryl/α,β-unsaturated/α-hetero) is 2. The van der Waals surface area contributed by atoms with E-state index in [-0.39, 0.29) is 22.9 Å². The standard InChI is InChI=1S/C26H20N2O4/c1-13-8-10-16(11-9-13)27-20-12-19(21(14(2)29)15(3)30)24-23-22(20)25(31)17-6-4-5-7-18(17)26(23)32-28-24/h4-12,27,31H,1-3H3. The maximum Gasteiger partial charge on any atom is 0.176 e.